The molecule has 0 aliphatic heterocycles. The third-order valence-corrected chi connectivity index (χ3v) is 4.43. The lowest BCUT2D eigenvalue weighted by Gasteiger charge is -2.21. The van der Waals surface area contributed by atoms with Gasteiger partial charge in [-0.25, -0.2) is 4.39 Å². The van der Waals surface area contributed by atoms with Crippen LogP contribution in [0.3, 0.4) is 0 Å². The molecule has 146 valence electrons. The highest BCUT2D eigenvalue weighted by atomic mass is 19.1. The molecule has 0 fully saturated rings. The Morgan fingerprint density at radius 1 is 0.571 bits per heavy atom. The zero-order chi connectivity index (χ0) is 19.8. The SMILES string of the molecule is CCN(CC)c1ccc(NNc2ccc(NNc3ccc(F)cc3)cc2)cc1. The molecule has 4 N–H and O–H groups in total. The lowest BCUT2D eigenvalue weighted by Crippen LogP contribution is -2.21. The fourth-order valence-electron chi connectivity index (χ4n) is 2.80. The molecular formula is C22H26FN5. The summed E-state index contributed by atoms with van der Waals surface area (Å²) in [5, 5.41) is 0. The second kappa shape index (κ2) is 9.50. The molecule has 3 aromatic rings. The van der Waals surface area contributed by atoms with Crippen LogP contribution in [-0.2, 0) is 0 Å². The first-order valence-corrected chi connectivity index (χ1v) is 9.42. The monoisotopic (exact) mass is 379 g/mol. The third kappa shape index (κ3) is 5.30. The van der Waals surface area contributed by atoms with Crippen LogP contribution in [0.15, 0.2) is 72.8 Å². The van der Waals surface area contributed by atoms with Crippen molar-refractivity contribution in [2.45, 2.75) is 13.8 Å². The maximum absolute atomic E-state index is 12.9. The van der Waals surface area contributed by atoms with Crippen molar-refractivity contribution in [3.05, 3.63) is 78.6 Å². The van der Waals surface area contributed by atoms with Crippen molar-refractivity contribution >= 4 is 28.4 Å². The van der Waals surface area contributed by atoms with Gasteiger partial charge in [-0.05, 0) is 86.6 Å². The predicted octanol–water partition coefficient (Wildman–Crippen LogP) is 5.55. The second-order valence-electron chi connectivity index (χ2n) is 6.30. The largest absolute Gasteiger partial charge is 0.372 e. The Morgan fingerprint density at radius 2 is 0.893 bits per heavy atom. The van der Waals surface area contributed by atoms with Gasteiger partial charge in [-0.1, -0.05) is 0 Å². The molecule has 6 heteroatoms. The smallest absolute Gasteiger partial charge is 0.123 e. The summed E-state index contributed by atoms with van der Waals surface area (Å²) >= 11 is 0. The van der Waals surface area contributed by atoms with Crippen LogP contribution in [-0.4, -0.2) is 13.1 Å². The molecule has 0 heterocycles. The second-order valence-corrected chi connectivity index (χ2v) is 6.30. The molecule has 0 bridgehead atoms. The maximum Gasteiger partial charge on any atom is 0.123 e. The predicted molar refractivity (Wildman–Crippen MR) is 117 cm³/mol. The summed E-state index contributed by atoms with van der Waals surface area (Å²) in [5.41, 5.74) is 17.4. The topological polar surface area (TPSA) is 51.4 Å². The number of hydrogen-bond donors (Lipinski definition) is 4. The van der Waals surface area contributed by atoms with Crippen molar-refractivity contribution < 1.29 is 4.39 Å². The molecule has 3 rings (SSSR count). The first-order valence-electron chi connectivity index (χ1n) is 9.42. The summed E-state index contributed by atoms with van der Waals surface area (Å²) < 4.78 is 12.9. The van der Waals surface area contributed by atoms with Gasteiger partial charge in [-0.15, -0.1) is 0 Å². The third-order valence-electron chi connectivity index (χ3n) is 4.43. The molecule has 0 aromatic heterocycles. The van der Waals surface area contributed by atoms with Crippen LogP contribution in [0, 0.1) is 5.82 Å². The molecule has 0 aliphatic rings. The number of nitrogens with one attached hydrogen (secondary N) is 4. The summed E-state index contributed by atoms with van der Waals surface area (Å²) in [6.07, 6.45) is 0. The van der Waals surface area contributed by atoms with Crippen molar-refractivity contribution in [2.24, 2.45) is 0 Å². The van der Waals surface area contributed by atoms with E-state index in [1.165, 1.54) is 17.8 Å². The highest BCUT2D eigenvalue weighted by Crippen LogP contribution is 2.19. The molecule has 0 radical (unpaired) electrons. The molecule has 0 spiro atoms. The van der Waals surface area contributed by atoms with Gasteiger partial charge < -0.3 is 26.6 Å². The van der Waals surface area contributed by atoms with Crippen LogP contribution in [0.5, 0.6) is 0 Å². The number of nitrogens with zero attached hydrogens (tertiary/aromatic N) is 1. The van der Waals surface area contributed by atoms with Crippen LogP contribution < -0.4 is 26.6 Å². The Hall–Kier alpha value is -3.41. The van der Waals surface area contributed by atoms with E-state index in [9.17, 15) is 4.39 Å². The van der Waals surface area contributed by atoms with E-state index in [0.29, 0.717) is 0 Å². The van der Waals surface area contributed by atoms with Gasteiger partial charge in [0.1, 0.15) is 5.82 Å². The lowest BCUT2D eigenvalue weighted by atomic mass is 10.2. The Balaban J connectivity index is 1.49. The van der Waals surface area contributed by atoms with Crippen molar-refractivity contribution in [2.75, 3.05) is 39.7 Å². The van der Waals surface area contributed by atoms with E-state index in [1.807, 2.05) is 24.3 Å². The highest BCUT2D eigenvalue weighted by molar-refractivity contribution is 5.61. The van der Waals surface area contributed by atoms with Crippen molar-refractivity contribution in [1.82, 2.24) is 0 Å². The Labute approximate surface area is 165 Å². The molecule has 3 aromatic carbocycles. The quantitative estimate of drug-likeness (QED) is 0.367. The Bertz CT molecular complexity index is 844. The first kappa shape index (κ1) is 19.4. The van der Waals surface area contributed by atoms with Crippen LogP contribution in [0.25, 0.3) is 0 Å². The van der Waals surface area contributed by atoms with Crippen molar-refractivity contribution in [3.8, 4) is 0 Å². The number of hydrogen-bond acceptors (Lipinski definition) is 5. The summed E-state index contributed by atoms with van der Waals surface area (Å²) in [4.78, 5) is 2.31. The molecule has 0 saturated heterocycles. The molecule has 5 nitrogen and oxygen atoms in total. The van der Waals surface area contributed by atoms with Gasteiger partial charge in [0.2, 0.25) is 0 Å². The first-order chi connectivity index (χ1) is 13.7. The molecule has 0 amide bonds. The molecule has 0 unspecified atom stereocenters. The molecule has 28 heavy (non-hydrogen) atoms. The lowest BCUT2D eigenvalue weighted by molar-refractivity contribution is 0.628. The number of halogens is 1. The Kier molecular flexibility index (Phi) is 6.57. The summed E-state index contributed by atoms with van der Waals surface area (Å²) in [5.74, 6) is -0.254. The van der Waals surface area contributed by atoms with E-state index in [0.717, 1.165) is 35.8 Å². The van der Waals surface area contributed by atoms with E-state index in [1.54, 1.807) is 12.1 Å². The van der Waals surface area contributed by atoms with E-state index < -0.39 is 0 Å². The minimum atomic E-state index is -0.254. The summed E-state index contributed by atoms with van der Waals surface area (Å²) in [7, 11) is 0. The fourth-order valence-corrected chi connectivity index (χ4v) is 2.80. The zero-order valence-electron chi connectivity index (χ0n) is 16.2. The minimum Gasteiger partial charge on any atom is -0.372 e. The van der Waals surface area contributed by atoms with Gasteiger partial charge in [0.25, 0.3) is 0 Å². The van der Waals surface area contributed by atoms with E-state index in [-0.39, 0.29) is 5.82 Å². The van der Waals surface area contributed by atoms with Gasteiger partial charge in [0, 0.05) is 18.8 Å². The van der Waals surface area contributed by atoms with Crippen molar-refractivity contribution in [1.29, 1.82) is 0 Å². The van der Waals surface area contributed by atoms with Gasteiger partial charge in [-0.3, -0.25) is 0 Å². The number of hydrazine groups is 2. The molecule has 0 saturated carbocycles. The van der Waals surface area contributed by atoms with Gasteiger partial charge >= 0.3 is 0 Å². The average Bonchev–Trinajstić information content (AvgIpc) is 2.74. The number of rotatable bonds is 9. The Morgan fingerprint density at radius 3 is 1.25 bits per heavy atom. The normalized spacial score (nSPS) is 10.2. The summed E-state index contributed by atoms with van der Waals surface area (Å²) in [6.45, 7) is 6.31. The standard InChI is InChI=1S/C22H26FN5/c1-3-28(4-2)22-15-13-21(14-16-22)27-26-20-11-9-19(10-12-20)25-24-18-7-5-17(23)6-8-18/h5-16,24-27H,3-4H2,1-2H3. The molecule has 0 aliphatic carbocycles. The number of benzene rings is 3. The van der Waals surface area contributed by atoms with Gasteiger partial charge in [0.05, 0.1) is 22.7 Å². The number of anilines is 5. The van der Waals surface area contributed by atoms with Crippen LogP contribution in [0.4, 0.5) is 32.8 Å². The van der Waals surface area contributed by atoms with Crippen molar-refractivity contribution in [3.63, 3.8) is 0 Å². The zero-order valence-corrected chi connectivity index (χ0v) is 16.2. The van der Waals surface area contributed by atoms with Gasteiger partial charge in [-0.2, -0.15) is 0 Å². The highest BCUT2D eigenvalue weighted by Gasteiger charge is 2.01. The molecule has 0 atom stereocenters. The van der Waals surface area contributed by atoms with Gasteiger partial charge in [0.15, 0.2) is 0 Å². The van der Waals surface area contributed by atoms with Crippen LogP contribution in [0.2, 0.25) is 0 Å². The van der Waals surface area contributed by atoms with Crippen LogP contribution in [0.1, 0.15) is 13.8 Å². The average molecular weight is 379 g/mol. The van der Waals surface area contributed by atoms with E-state index >= 15 is 0 Å². The minimum absolute atomic E-state index is 0.254. The van der Waals surface area contributed by atoms with Crippen LogP contribution >= 0.6 is 0 Å². The molecular weight excluding hydrogens is 353 g/mol. The maximum atomic E-state index is 12.9. The summed E-state index contributed by atoms with van der Waals surface area (Å²) in [6, 6.07) is 22.4. The fraction of sp³-hybridized carbons (Fsp3) is 0.182. The van der Waals surface area contributed by atoms with E-state index in [4.69, 9.17) is 0 Å². The van der Waals surface area contributed by atoms with E-state index in [2.05, 4.69) is 64.7 Å².